The summed E-state index contributed by atoms with van der Waals surface area (Å²) in [6.07, 6.45) is 3.40. The van der Waals surface area contributed by atoms with Crippen LogP contribution in [0.3, 0.4) is 0 Å². The molecule has 2 rings (SSSR count). The Balaban J connectivity index is 2.07. The van der Waals surface area contributed by atoms with Crippen molar-refractivity contribution >= 4 is 11.9 Å². The minimum absolute atomic E-state index is 0.530. The molecule has 1 aliphatic rings. The molecular formula is C11H16N4O2. The molecule has 17 heavy (non-hydrogen) atoms. The number of piperazine rings is 1. The van der Waals surface area contributed by atoms with Crippen LogP contribution in [-0.2, 0) is 6.42 Å². The first kappa shape index (κ1) is 11.6. The van der Waals surface area contributed by atoms with Crippen molar-refractivity contribution < 1.29 is 9.90 Å². The van der Waals surface area contributed by atoms with Crippen LogP contribution in [-0.4, -0.2) is 52.2 Å². The van der Waals surface area contributed by atoms with Crippen LogP contribution in [0.2, 0.25) is 0 Å². The number of carbonyl (C=O) groups is 1. The summed E-state index contributed by atoms with van der Waals surface area (Å²) in [5, 5.41) is 8.88. The summed E-state index contributed by atoms with van der Waals surface area (Å²) in [4.78, 5) is 22.7. The fourth-order valence-corrected chi connectivity index (χ4v) is 2.00. The van der Waals surface area contributed by atoms with E-state index in [1.807, 2.05) is 6.20 Å². The summed E-state index contributed by atoms with van der Waals surface area (Å²) in [7, 11) is 0. The molecule has 1 N–H and O–H groups in total. The van der Waals surface area contributed by atoms with Crippen LogP contribution in [0.1, 0.15) is 12.5 Å². The molecule has 1 aromatic heterocycles. The summed E-state index contributed by atoms with van der Waals surface area (Å²) in [5.74, 6) is 0.938. The Labute approximate surface area is 99.9 Å². The minimum atomic E-state index is -0.844. The van der Waals surface area contributed by atoms with Gasteiger partial charge in [-0.3, -0.25) is 0 Å². The highest BCUT2D eigenvalue weighted by atomic mass is 16.4. The van der Waals surface area contributed by atoms with Gasteiger partial charge in [-0.25, -0.2) is 14.8 Å². The van der Waals surface area contributed by atoms with E-state index in [9.17, 15) is 4.79 Å². The zero-order chi connectivity index (χ0) is 12.3. The zero-order valence-electron chi connectivity index (χ0n) is 9.83. The average Bonchev–Trinajstić information content (AvgIpc) is 2.39. The maximum atomic E-state index is 10.8. The monoisotopic (exact) mass is 236 g/mol. The van der Waals surface area contributed by atoms with Gasteiger partial charge in [0.15, 0.2) is 0 Å². The molecule has 2 heterocycles. The number of hydrogen-bond acceptors (Lipinski definition) is 4. The van der Waals surface area contributed by atoms with Crippen LogP contribution in [0.15, 0.2) is 12.5 Å². The number of nitrogens with zero attached hydrogens (tertiary/aromatic N) is 4. The second-order valence-electron chi connectivity index (χ2n) is 3.98. The van der Waals surface area contributed by atoms with Gasteiger partial charge in [0.2, 0.25) is 0 Å². The lowest BCUT2D eigenvalue weighted by molar-refractivity contribution is 0.142. The number of anilines is 1. The lowest BCUT2D eigenvalue weighted by atomic mass is 10.2. The summed E-state index contributed by atoms with van der Waals surface area (Å²) >= 11 is 0. The van der Waals surface area contributed by atoms with E-state index in [1.54, 1.807) is 0 Å². The molecule has 0 atom stereocenters. The third-order valence-electron chi connectivity index (χ3n) is 2.99. The van der Waals surface area contributed by atoms with Gasteiger partial charge < -0.3 is 14.9 Å². The van der Waals surface area contributed by atoms with E-state index in [1.165, 1.54) is 11.2 Å². The molecule has 0 radical (unpaired) electrons. The van der Waals surface area contributed by atoms with E-state index in [4.69, 9.17) is 5.11 Å². The highest BCUT2D eigenvalue weighted by Gasteiger charge is 2.22. The molecule has 0 saturated carbocycles. The Morgan fingerprint density at radius 2 is 2.12 bits per heavy atom. The normalized spacial score (nSPS) is 16.1. The quantitative estimate of drug-likeness (QED) is 0.824. The Morgan fingerprint density at radius 3 is 2.71 bits per heavy atom. The van der Waals surface area contributed by atoms with Crippen LogP contribution in [0.5, 0.6) is 0 Å². The maximum Gasteiger partial charge on any atom is 0.407 e. The molecule has 1 fully saturated rings. The van der Waals surface area contributed by atoms with Gasteiger partial charge in [-0.15, -0.1) is 0 Å². The summed E-state index contributed by atoms with van der Waals surface area (Å²) in [6, 6.07) is 0. The molecule has 6 nitrogen and oxygen atoms in total. The lowest BCUT2D eigenvalue weighted by Gasteiger charge is -2.34. The molecule has 0 spiro atoms. The molecule has 0 bridgehead atoms. The average molecular weight is 236 g/mol. The van der Waals surface area contributed by atoms with E-state index in [-0.39, 0.29) is 0 Å². The third-order valence-corrected chi connectivity index (χ3v) is 2.99. The highest BCUT2D eigenvalue weighted by Crippen LogP contribution is 2.18. The molecule has 0 aromatic carbocycles. The van der Waals surface area contributed by atoms with E-state index >= 15 is 0 Å². The van der Waals surface area contributed by atoms with Gasteiger partial charge in [-0.05, 0) is 6.42 Å². The van der Waals surface area contributed by atoms with Gasteiger partial charge in [-0.2, -0.15) is 0 Å². The fraction of sp³-hybridized carbons (Fsp3) is 0.545. The van der Waals surface area contributed by atoms with Crippen LogP contribution >= 0.6 is 0 Å². The van der Waals surface area contributed by atoms with E-state index < -0.39 is 6.09 Å². The zero-order valence-corrected chi connectivity index (χ0v) is 9.83. The molecule has 1 amide bonds. The van der Waals surface area contributed by atoms with E-state index in [0.29, 0.717) is 26.2 Å². The number of amides is 1. The smallest absolute Gasteiger partial charge is 0.407 e. The second kappa shape index (κ2) is 4.99. The molecule has 1 saturated heterocycles. The van der Waals surface area contributed by atoms with Gasteiger partial charge in [0.25, 0.3) is 0 Å². The standard InChI is InChI=1S/C11H16N4O2/c1-2-9-7-12-8-13-10(9)14-3-5-15(6-4-14)11(16)17/h7-8H,2-6H2,1H3,(H,16,17). The van der Waals surface area contributed by atoms with Crippen LogP contribution < -0.4 is 4.90 Å². The molecule has 6 heteroatoms. The van der Waals surface area contributed by atoms with Crippen molar-refractivity contribution in [3.63, 3.8) is 0 Å². The van der Waals surface area contributed by atoms with Crippen molar-refractivity contribution in [1.82, 2.24) is 14.9 Å². The van der Waals surface area contributed by atoms with Gasteiger partial charge >= 0.3 is 6.09 Å². The molecule has 0 aliphatic carbocycles. The fourth-order valence-electron chi connectivity index (χ4n) is 2.00. The first-order valence-electron chi connectivity index (χ1n) is 5.74. The van der Waals surface area contributed by atoms with Crippen LogP contribution in [0.4, 0.5) is 10.6 Å². The molecular weight excluding hydrogens is 220 g/mol. The Kier molecular flexibility index (Phi) is 3.41. The summed E-state index contributed by atoms with van der Waals surface area (Å²) < 4.78 is 0. The number of hydrogen-bond donors (Lipinski definition) is 1. The van der Waals surface area contributed by atoms with Crippen LogP contribution in [0.25, 0.3) is 0 Å². The van der Waals surface area contributed by atoms with E-state index in [0.717, 1.165) is 17.8 Å². The number of aryl methyl sites for hydroxylation is 1. The number of carboxylic acid groups (broad SMARTS) is 1. The third kappa shape index (κ3) is 2.46. The maximum absolute atomic E-state index is 10.8. The number of rotatable bonds is 2. The Bertz CT molecular complexity index is 402. The largest absolute Gasteiger partial charge is 0.465 e. The summed E-state index contributed by atoms with van der Waals surface area (Å²) in [6.45, 7) is 4.51. The molecule has 92 valence electrons. The predicted molar refractivity (Wildman–Crippen MR) is 63.2 cm³/mol. The van der Waals surface area contributed by atoms with Gasteiger partial charge in [-0.1, -0.05) is 6.92 Å². The van der Waals surface area contributed by atoms with Crippen molar-refractivity contribution in [2.45, 2.75) is 13.3 Å². The first-order valence-corrected chi connectivity index (χ1v) is 5.74. The van der Waals surface area contributed by atoms with Crippen molar-refractivity contribution in [3.05, 3.63) is 18.1 Å². The van der Waals surface area contributed by atoms with Gasteiger partial charge in [0.1, 0.15) is 12.1 Å². The second-order valence-corrected chi connectivity index (χ2v) is 3.98. The van der Waals surface area contributed by atoms with Crippen molar-refractivity contribution in [3.8, 4) is 0 Å². The Hall–Kier alpha value is -1.85. The predicted octanol–water partition coefficient (Wildman–Crippen LogP) is 0.839. The van der Waals surface area contributed by atoms with Gasteiger partial charge in [0, 0.05) is 37.9 Å². The Morgan fingerprint density at radius 1 is 1.41 bits per heavy atom. The molecule has 0 unspecified atom stereocenters. The molecule has 1 aromatic rings. The van der Waals surface area contributed by atoms with Gasteiger partial charge in [0.05, 0.1) is 0 Å². The highest BCUT2D eigenvalue weighted by molar-refractivity contribution is 5.65. The van der Waals surface area contributed by atoms with E-state index in [2.05, 4.69) is 21.8 Å². The van der Waals surface area contributed by atoms with Crippen LogP contribution in [0, 0.1) is 0 Å². The topological polar surface area (TPSA) is 69.6 Å². The number of aromatic nitrogens is 2. The van der Waals surface area contributed by atoms with Crippen molar-refractivity contribution in [1.29, 1.82) is 0 Å². The lowest BCUT2D eigenvalue weighted by Crippen LogP contribution is -2.48. The van der Waals surface area contributed by atoms with Crippen molar-refractivity contribution in [2.75, 3.05) is 31.1 Å². The SMILES string of the molecule is CCc1cncnc1N1CCN(C(=O)O)CC1. The molecule has 1 aliphatic heterocycles. The minimum Gasteiger partial charge on any atom is -0.465 e. The van der Waals surface area contributed by atoms with Crippen molar-refractivity contribution in [2.24, 2.45) is 0 Å². The first-order chi connectivity index (χ1) is 8.22. The summed E-state index contributed by atoms with van der Waals surface area (Å²) in [5.41, 5.74) is 1.11.